The Morgan fingerprint density at radius 2 is 1.75 bits per heavy atom. The van der Waals surface area contributed by atoms with Gasteiger partial charge in [0.1, 0.15) is 0 Å². The molecule has 0 atom stereocenters. The quantitative estimate of drug-likeness (QED) is 0.758. The van der Waals surface area contributed by atoms with Gasteiger partial charge in [-0.05, 0) is 39.3 Å². The maximum atomic E-state index is 11.5. The topological polar surface area (TPSA) is 29.1 Å². The maximum Gasteiger partial charge on any atom is 0.244 e. The summed E-state index contributed by atoms with van der Waals surface area (Å²) in [6, 6.07) is 8.05. The van der Waals surface area contributed by atoms with Gasteiger partial charge in [0, 0.05) is 11.6 Å². The molecule has 2 heteroatoms. The summed E-state index contributed by atoms with van der Waals surface area (Å²) in [5.74, 6) is -0.0620. The van der Waals surface area contributed by atoms with Gasteiger partial charge in [-0.15, -0.1) is 0 Å². The van der Waals surface area contributed by atoms with E-state index in [1.54, 1.807) is 6.08 Å². The number of benzene rings is 1. The summed E-state index contributed by atoms with van der Waals surface area (Å²) in [6.07, 6.45) is 3.39. The van der Waals surface area contributed by atoms with Crippen molar-refractivity contribution in [3.8, 4) is 0 Å². The molecule has 0 saturated heterocycles. The van der Waals surface area contributed by atoms with E-state index >= 15 is 0 Å². The van der Waals surface area contributed by atoms with Crippen molar-refractivity contribution in [2.75, 3.05) is 0 Å². The third kappa shape index (κ3) is 4.78. The number of carbonyl (C=O) groups excluding carboxylic acids is 1. The van der Waals surface area contributed by atoms with Crippen molar-refractivity contribution in [1.82, 2.24) is 5.32 Å². The number of nitrogens with one attached hydrogen (secondary N) is 1. The molecule has 1 aromatic rings. The first-order chi connectivity index (χ1) is 7.37. The number of rotatable bonds is 2. The van der Waals surface area contributed by atoms with E-state index in [1.807, 2.05) is 58.0 Å². The molecule has 0 aliphatic rings. The summed E-state index contributed by atoms with van der Waals surface area (Å²) in [4.78, 5) is 11.5. The molecule has 0 bridgehead atoms. The van der Waals surface area contributed by atoms with E-state index in [9.17, 15) is 4.79 Å². The second-order valence-electron chi connectivity index (χ2n) is 4.98. The lowest BCUT2D eigenvalue weighted by molar-refractivity contribution is -0.117. The Balaban J connectivity index is 2.60. The van der Waals surface area contributed by atoms with Crippen LogP contribution in [-0.2, 0) is 4.79 Å². The third-order valence-corrected chi connectivity index (χ3v) is 2.00. The molecule has 1 rings (SSSR count). The number of aryl methyl sites for hydroxylation is 1. The Hall–Kier alpha value is -1.57. The standard InChI is InChI=1S/C14H19NO/c1-11-5-7-12(8-6-11)9-10-13(16)15-14(2,3)4/h5-10H,1-4H3,(H,15,16)/b10-9+. The van der Waals surface area contributed by atoms with Crippen LogP contribution < -0.4 is 5.32 Å². The first-order valence-electron chi connectivity index (χ1n) is 5.44. The molecule has 1 aromatic carbocycles. The van der Waals surface area contributed by atoms with E-state index in [0.29, 0.717) is 0 Å². The molecule has 0 fully saturated rings. The fraction of sp³-hybridized carbons (Fsp3) is 0.357. The SMILES string of the molecule is Cc1ccc(/C=C/C(=O)NC(C)(C)C)cc1. The first kappa shape index (κ1) is 12.5. The number of carbonyl (C=O) groups is 1. The van der Waals surface area contributed by atoms with Crippen molar-refractivity contribution in [2.45, 2.75) is 33.2 Å². The maximum absolute atomic E-state index is 11.5. The molecule has 0 heterocycles. The fourth-order valence-electron chi connectivity index (χ4n) is 1.26. The highest BCUT2D eigenvalue weighted by Gasteiger charge is 2.10. The number of hydrogen-bond acceptors (Lipinski definition) is 1. The summed E-state index contributed by atoms with van der Waals surface area (Å²) in [5.41, 5.74) is 2.07. The van der Waals surface area contributed by atoms with Crippen LogP contribution >= 0.6 is 0 Å². The van der Waals surface area contributed by atoms with E-state index in [1.165, 1.54) is 5.56 Å². The van der Waals surface area contributed by atoms with Crippen LogP contribution in [0.1, 0.15) is 31.9 Å². The van der Waals surface area contributed by atoms with Crippen LogP contribution in [0.25, 0.3) is 6.08 Å². The molecule has 0 aliphatic heterocycles. The number of amides is 1. The van der Waals surface area contributed by atoms with Crippen LogP contribution in [0.4, 0.5) is 0 Å². The van der Waals surface area contributed by atoms with Crippen LogP contribution in [-0.4, -0.2) is 11.4 Å². The largest absolute Gasteiger partial charge is 0.348 e. The smallest absolute Gasteiger partial charge is 0.244 e. The van der Waals surface area contributed by atoms with Crippen molar-refractivity contribution in [3.63, 3.8) is 0 Å². The molecular formula is C14H19NO. The van der Waals surface area contributed by atoms with Gasteiger partial charge in [-0.3, -0.25) is 4.79 Å². The van der Waals surface area contributed by atoms with E-state index < -0.39 is 0 Å². The van der Waals surface area contributed by atoms with E-state index in [4.69, 9.17) is 0 Å². The average molecular weight is 217 g/mol. The lowest BCUT2D eigenvalue weighted by Gasteiger charge is -2.18. The summed E-state index contributed by atoms with van der Waals surface area (Å²) in [6.45, 7) is 7.93. The van der Waals surface area contributed by atoms with Gasteiger partial charge in [0.2, 0.25) is 5.91 Å². The molecule has 1 amide bonds. The monoisotopic (exact) mass is 217 g/mol. The highest BCUT2D eigenvalue weighted by atomic mass is 16.1. The van der Waals surface area contributed by atoms with Crippen LogP contribution in [0.15, 0.2) is 30.3 Å². The van der Waals surface area contributed by atoms with Gasteiger partial charge >= 0.3 is 0 Å². The molecule has 86 valence electrons. The van der Waals surface area contributed by atoms with Crippen molar-refractivity contribution in [2.24, 2.45) is 0 Å². The van der Waals surface area contributed by atoms with Gasteiger partial charge in [0.05, 0.1) is 0 Å². The molecule has 1 N–H and O–H groups in total. The summed E-state index contributed by atoms with van der Waals surface area (Å²) >= 11 is 0. The minimum atomic E-state index is -0.186. The van der Waals surface area contributed by atoms with Gasteiger partial charge in [0.25, 0.3) is 0 Å². The Kier molecular flexibility index (Phi) is 3.88. The van der Waals surface area contributed by atoms with E-state index in [-0.39, 0.29) is 11.4 Å². The Morgan fingerprint density at radius 1 is 1.19 bits per heavy atom. The molecule has 16 heavy (non-hydrogen) atoms. The predicted molar refractivity (Wildman–Crippen MR) is 68.1 cm³/mol. The van der Waals surface area contributed by atoms with Crippen LogP contribution in [0.5, 0.6) is 0 Å². The number of hydrogen-bond donors (Lipinski definition) is 1. The fourth-order valence-corrected chi connectivity index (χ4v) is 1.26. The lowest BCUT2D eigenvalue weighted by Crippen LogP contribution is -2.39. The second-order valence-corrected chi connectivity index (χ2v) is 4.98. The Bertz CT molecular complexity index is 382. The molecule has 0 aromatic heterocycles. The minimum Gasteiger partial charge on any atom is -0.348 e. The summed E-state index contributed by atoms with van der Waals surface area (Å²) in [7, 11) is 0. The molecule has 2 nitrogen and oxygen atoms in total. The van der Waals surface area contributed by atoms with Crippen molar-refractivity contribution in [1.29, 1.82) is 0 Å². The molecule has 0 aliphatic carbocycles. The molecule has 0 saturated carbocycles. The van der Waals surface area contributed by atoms with Crippen molar-refractivity contribution < 1.29 is 4.79 Å². The van der Waals surface area contributed by atoms with Crippen LogP contribution in [0.3, 0.4) is 0 Å². The summed E-state index contributed by atoms with van der Waals surface area (Å²) in [5, 5.41) is 2.88. The van der Waals surface area contributed by atoms with Gasteiger partial charge in [-0.2, -0.15) is 0 Å². The summed E-state index contributed by atoms with van der Waals surface area (Å²) < 4.78 is 0. The molecule has 0 spiro atoms. The zero-order valence-electron chi connectivity index (χ0n) is 10.4. The second kappa shape index (κ2) is 4.97. The van der Waals surface area contributed by atoms with Gasteiger partial charge in [-0.25, -0.2) is 0 Å². The Labute approximate surface area is 97.4 Å². The van der Waals surface area contributed by atoms with Crippen molar-refractivity contribution in [3.05, 3.63) is 41.5 Å². The van der Waals surface area contributed by atoms with Gasteiger partial charge < -0.3 is 5.32 Å². The van der Waals surface area contributed by atoms with Crippen LogP contribution in [0, 0.1) is 6.92 Å². The highest BCUT2D eigenvalue weighted by Crippen LogP contribution is 2.05. The predicted octanol–water partition coefficient (Wildman–Crippen LogP) is 2.92. The normalized spacial score (nSPS) is 11.8. The first-order valence-corrected chi connectivity index (χ1v) is 5.44. The van der Waals surface area contributed by atoms with Crippen LogP contribution in [0.2, 0.25) is 0 Å². The van der Waals surface area contributed by atoms with Gasteiger partial charge in [0.15, 0.2) is 0 Å². The minimum absolute atomic E-state index is 0.0620. The highest BCUT2D eigenvalue weighted by molar-refractivity contribution is 5.92. The molecule has 0 radical (unpaired) electrons. The Morgan fingerprint density at radius 3 is 2.25 bits per heavy atom. The molecule has 0 unspecified atom stereocenters. The zero-order chi connectivity index (χ0) is 12.2. The zero-order valence-corrected chi connectivity index (χ0v) is 10.4. The van der Waals surface area contributed by atoms with Gasteiger partial charge in [-0.1, -0.05) is 29.8 Å². The lowest BCUT2D eigenvalue weighted by atomic mass is 10.1. The van der Waals surface area contributed by atoms with Crippen molar-refractivity contribution >= 4 is 12.0 Å². The third-order valence-electron chi connectivity index (χ3n) is 2.00. The average Bonchev–Trinajstić information content (AvgIpc) is 2.14. The molecular weight excluding hydrogens is 198 g/mol. The van der Waals surface area contributed by atoms with E-state index in [0.717, 1.165) is 5.56 Å². The van der Waals surface area contributed by atoms with E-state index in [2.05, 4.69) is 5.32 Å².